The lowest BCUT2D eigenvalue weighted by Gasteiger charge is -2.10. The highest BCUT2D eigenvalue weighted by atomic mass is 16.5. The number of para-hydroxylation sites is 1. The van der Waals surface area contributed by atoms with Gasteiger partial charge in [0.15, 0.2) is 0 Å². The highest BCUT2D eigenvalue weighted by Gasteiger charge is 2.06. The van der Waals surface area contributed by atoms with Gasteiger partial charge in [-0.2, -0.15) is 0 Å². The summed E-state index contributed by atoms with van der Waals surface area (Å²) in [5.74, 6) is 1.61. The van der Waals surface area contributed by atoms with E-state index in [2.05, 4.69) is 11.4 Å². The van der Waals surface area contributed by atoms with Crippen LogP contribution >= 0.6 is 0 Å². The van der Waals surface area contributed by atoms with Crippen LogP contribution in [0.4, 0.5) is 0 Å². The summed E-state index contributed by atoms with van der Waals surface area (Å²) in [6.45, 7) is 3.27. The van der Waals surface area contributed by atoms with Gasteiger partial charge in [0.1, 0.15) is 11.5 Å². The highest BCUT2D eigenvalue weighted by molar-refractivity contribution is 5.94. The molecule has 1 amide bonds. The number of nitrogens with one attached hydrogen (secondary N) is 1. The first kappa shape index (κ1) is 16.9. The minimum atomic E-state index is -0.0641. The van der Waals surface area contributed by atoms with Crippen molar-refractivity contribution in [3.8, 4) is 11.5 Å². The Morgan fingerprint density at radius 3 is 2.52 bits per heavy atom. The number of aryl methyl sites for hydroxylation is 1. The molecule has 0 fully saturated rings. The fourth-order valence-electron chi connectivity index (χ4n) is 2.33. The summed E-state index contributed by atoms with van der Waals surface area (Å²) < 4.78 is 10.7. The molecule has 0 aliphatic heterocycles. The van der Waals surface area contributed by atoms with Crippen molar-refractivity contribution in [2.45, 2.75) is 19.8 Å². The molecule has 0 bridgehead atoms. The molecule has 4 nitrogen and oxygen atoms in total. The Kier molecular flexibility index (Phi) is 6.48. The van der Waals surface area contributed by atoms with Gasteiger partial charge in [0, 0.05) is 12.1 Å². The minimum Gasteiger partial charge on any atom is -0.497 e. The predicted molar refractivity (Wildman–Crippen MR) is 91.3 cm³/mol. The van der Waals surface area contributed by atoms with E-state index in [1.165, 1.54) is 5.56 Å². The van der Waals surface area contributed by atoms with Crippen molar-refractivity contribution in [1.82, 2.24) is 5.32 Å². The molecule has 0 atom stereocenters. The summed E-state index contributed by atoms with van der Waals surface area (Å²) >= 11 is 0. The van der Waals surface area contributed by atoms with Gasteiger partial charge < -0.3 is 14.8 Å². The summed E-state index contributed by atoms with van der Waals surface area (Å²) in [5.41, 5.74) is 1.81. The third kappa shape index (κ3) is 5.02. The smallest absolute Gasteiger partial charge is 0.251 e. The molecule has 0 heterocycles. The lowest BCUT2D eigenvalue weighted by molar-refractivity contribution is 0.0953. The Labute approximate surface area is 137 Å². The van der Waals surface area contributed by atoms with Gasteiger partial charge in [0.25, 0.3) is 5.91 Å². The van der Waals surface area contributed by atoms with Gasteiger partial charge in [-0.3, -0.25) is 4.79 Å². The van der Waals surface area contributed by atoms with E-state index in [-0.39, 0.29) is 5.91 Å². The maximum Gasteiger partial charge on any atom is 0.251 e. The van der Waals surface area contributed by atoms with Gasteiger partial charge in [0.05, 0.1) is 13.7 Å². The fraction of sp³-hybridized carbons (Fsp3) is 0.316. The van der Waals surface area contributed by atoms with E-state index in [4.69, 9.17) is 9.47 Å². The van der Waals surface area contributed by atoms with Crippen molar-refractivity contribution in [1.29, 1.82) is 0 Å². The van der Waals surface area contributed by atoms with Crippen LogP contribution in [-0.4, -0.2) is 26.2 Å². The second kappa shape index (κ2) is 8.83. The Balaban J connectivity index is 1.79. The van der Waals surface area contributed by atoms with Crippen molar-refractivity contribution in [2.75, 3.05) is 20.3 Å². The van der Waals surface area contributed by atoms with Crippen LogP contribution in [0.25, 0.3) is 0 Å². The zero-order valence-electron chi connectivity index (χ0n) is 13.7. The Bertz CT molecular complexity index is 623. The summed E-state index contributed by atoms with van der Waals surface area (Å²) in [5, 5.41) is 2.94. The average Bonchev–Trinajstić information content (AvgIpc) is 2.60. The fourth-order valence-corrected chi connectivity index (χ4v) is 2.33. The van der Waals surface area contributed by atoms with E-state index in [9.17, 15) is 4.79 Å². The van der Waals surface area contributed by atoms with Crippen molar-refractivity contribution >= 4 is 5.91 Å². The van der Waals surface area contributed by atoms with E-state index in [1.54, 1.807) is 31.4 Å². The molecule has 1 N–H and O–H groups in total. The molecule has 23 heavy (non-hydrogen) atoms. The first-order valence-electron chi connectivity index (χ1n) is 7.87. The van der Waals surface area contributed by atoms with Crippen molar-refractivity contribution in [2.24, 2.45) is 0 Å². The van der Waals surface area contributed by atoms with E-state index >= 15 is 0 Å². The quantitative estimate of drug-likeness (QED) is 0.759. The Morgan fingerprint density at radius 2 is 1.83 bits per heavy atom. The summed E-state index contributed by atoms with van der Waals surface area (Å²) in [4.78, 5) is 12.0. The van der Waals surface area contributed by atoms with Gasteiger partial charge in [-0.25, -0.2) is 0 Å². The van der Waals surface area contributed by atoms with Crippen LogP contribution in [0.3, 0.4) is 0 Å². The second-order valence-corrected chi connectivity index (χ2v) is 5.13. The number of hydrogen-bond acceptors (Lipinski definition) is 3. The van der Waals surface area contributed by atoms with Gasteiger partial charge in [-0.05, 0) is 55.7 Å². The van der Waals surface area contributed by atoms with Crippen LogP contribution in [0.15, 0.2) is 48.5 Å². The Morgan fingerprint density at radius 1 is 1.09 bits per heavy atom. The summed E-state index contributed by atoms with van der Waals surface area (Å²) in [6, 6.07) is 15.1. The zero-order valence-corrected chi connectivity index (χ0v) is 13.7. The zero-order chi connectivity index (χ0) is 16.5. The molecule has 0 unspecified atom stereocenters. The molecule has 0 aliphatic rings. The molecule has 0 aliphatic carbocycles. The SMILES string of the molecule is CCOc1ccccc1CCCNC(=O)c1ccc(OC)cc1. The van der Waals surface area contributed by atoms with Crippen LogP contribution in [-0.2, 0) is 6.42 Å². The summed E-state index contributed by atoms with van der Waals surface area (Å²) in [7, 11) is 1.61. The third-order valence-electron chi connectivity index (χ3n) is 3.53. The minimum absolute atomic E-state index is 0.0641. The number of ether oxygens (including phenoxy) is 2. The van der Waals surface area contributed by atoms with Crippen LogP contribution in [0.5, 0.6) is 11.5 Å². The van der Waals surface area contributed by atoms with Crippen LogP contribution in [0.1, 0.15) is 29.3 Å². The number of carbonyl (C=O) groups is 1. The first-order chi connectivity index (χ1) is 11.2. The molecule has 2 rings (SSSR count). The van der Waals surface area contributed by atoms with E-state index in [0.717, 1.165) is 24.3 Å². The third-order valence-corrected chi connectivity index (χ3v) is 3.53. The van der Waals surface area contributed by atoms with Crippen LogP contribution in [0.2, 0.25) is 0 Å². The van der Waals surface area contributed by atoms with Gasteiger partial charge in [0.2, 0.25) is 0 Å². The van der Waals surface area contributed by atoms with Crippen molar-refractivity contribution in [3.05, 3.63) is 59.7 Å². The molecule has 0 saturated heterocycles. The first-order valence-corrected chi connectivity index (χ1v) is 7.87. The van der Waals surface area contributed by atoms with Gasteiger partial charge in [-0.1, -0.05) is 18.2 Å². The molecule has 4 heteroatoms. The van der Waals surface area contributed by atoms with Gasteiger partial charge in [-0.15, -0.1) is 0 Å². The van der Waals surface area contributed by atoms with Gasteiger partial charge >= 0.3 is 0 Å². The highest BCUT2D eigenvalue weighted by Crippen LogP contribution is 2.19. The normalized spacial score (nSPS) is 10.2. The van der Waals surface area contributed by atoms with Crippen molar-refractivity contribution < 1.29 is 14.3 Å². The molecule has 0 radical (unpaired) electrons. The average molecular weight is 313 g/mol. The lowest BCUT2D eigenvalue weighted by atomic mass is 10.1. The number of methoxy groups -OCH3 is 1. The Hall–Kier alpha value is -2.49. The number of hydrogen-bond donors (Lipinski definition) is 1. The molecule has 0 saturated carbocycles. The second-order valence-electron chi connectivity index (χ2n) is 5.13. The number of carbonyl (C=O) groups excluding carboxylic acids is 1. The van der Waals surface area contributed by atoms with E-state index in [0.29, 0.717) is 18.7 Å². The number of rotatable bonds is 8. The largest absolute Gasteiger partial charge is 0.497 e. The predicted octanol–water partition coefficient (Wildman–Crippen LogP) is 3.46. The number of amides is 1. The van der Waals surface area contributed by atoms with E-state index < -0.39 is 0 Å². The van der Waals surface area contributed by atoms with Crippen molar-refractivity contribution in [3.63, 3.8) is 0 Å². The van der Waals surface area contributed by atoms with Crippen LogP contribution in [0, 0.1) is 0 Å². The molecular formula is C19H23NO3. The van der Waals surface area contributed by atoms with E-state index in [1.807, 2.05) is 25.1 Å². The van der Waals surface area contributed by atoms with Crippen LogP contribution < -0.4 is 14.8 Å². The molecule has 0 spiro atoms. The molecule has 122 valence electrons. The molecule has 2 aromatic carbocycles. The standard InChI is InChI=1S/C19H23NO3/c1-3-23-18-9-5-4-7-15(18)8-6-14-20-19(21)16-10-12-17(22-2)13-11-16/h4-5,7,9-13H,3,6,8,14H2,1-2H3,(H,20,21). The lowest BCUT2D eigenvalue weighted by Crippen LogP contribution is -2.24. The molecule has 2 aromatic rings. The number of benzene rings is 2. The summed E-state index contributed by atoms with van der Waals surface area (Å²) in [6.07, 6.45) is 1.74. The monoisotopic (exact) mass is 313 g/mol. The molecular weight excluding hydrogens is 290 g/mol. The maximum absolute atomic E-state index is 12.0. The topological polar surface area (TPSA) is 47.6 Å². The maximum atomic E-state index is 12.0. The molecule has 0 aromatic heterocycles.